The Labute approximate surface area is 181 Å². The zero-order valence-corrected chi connectivity index (χ0v) is 17.8. The molecule has 0 aliphatic carbocycles. The second-order valence-corrected chi connectivity index (χ2v) is 7.51. The zero-order valence-electron chi connectivity index (χ0n) is 17.8. The van der Waals surface area contributed by atoms with Crippen LogP contribution in [-0.2, 0) is 0 Å². The standard InChI is InChI=1S/C25H25N3O3/c1-28(2)23(24-9-6-14-31-24)16-26-25(29)20-15-22(17-10-12-18(30-3)13-11-17)27-21-8-5-4-7-19(20)21/h4-15,23H,16H2,1-3H3,(H,26,29)/t23-/m0/s1. The molecular formula is C25H25N3O3. The molecule has 31 heavy (non-hydrogen) atoms. The molecule has 0 radical (unpaired) electrons. The van der Waals surface area contributed by atoms with E-state index in [-0.39, 0.29) is 11.9 Å². The lowest BCUT2D eigenvalue weighted by Crippen LogP contribution is -2.34. The normalized spacial score (nSPS) is 12.1. The molecule has 0 saturated carbocycles. The molecule has 2 aromatic heterocycles. The van der Waals surface area contributed by atoms with Gasteiger partial charge in [-0.05, 0) is 62.6 Å². The van der Waals surface area contributed by atoms with Crippen LogP contribution in [0.2, 0.25) is 0 Å². The van der Waals surface area contributed by atoms with Crippen LogP contribution in [0.25, 0.3) is 22.2 Å². The number of methoxy groups -OCH3 is 1. The lowest BCUT2D eigenvalue weighted by molar-refractivity contribution is 0.0940. The number of nitrogens with one attached hydrogen (secondary N) is 1. The van der Waals surface area contributed by atoms with Crippen molar-refractivity contribution in [1.29, 1.82) is 0 Å². The van der Waals surface area contributed by atoms with Gasteiger partial charge in [0.1, 0.15) is 11.5 Å². The first-order chi connectivity index (χ1) is 15.1. The minimum Gasteiger partial charge on any atom is -0.497 e. The van der Waals surface area contributed by atoms with Crippen molar-refractivity contribution < 1.29 is 13.9 Å². The summed E-state index contributed by atoms with van der Waals surface area (Å²) in [5.41, 5.74) is 3.02. The predicted octanol–water partition coefficient (Wildman–Crippen LogP) is 4.54. The number of carbonyl (C=O) groups excluding carboxylic acids is 1. The molecule has 4 aromatic rings. The van der Waals surface area contributed by atoms with Gasteiger partial charge in [0.25, 0.3) is 5.91 Å². The number of likely N-dealkylation sites (N-methyl/N-ethyl adjacent to an activating group) is 1. The quantitative estimate of drug-likeness (QED) is 0.480. The number of aromatic nitrogens is 1. The maximum Gasteiger partial charge on any atom is 0.252 e. The molecule has 1 atom stereocenters. The Morgan fingerprint density at radius 1 is 1.10 bits per heavy atom. The Morgan fingerprint density at radius 3 is 2.55 bits per heavy atom. The summed E-state index contributed by atoms with van der Waals surface area (Å²) in [4.78, 5) is 20.0. The number of carbonyl (C=O) groups is 1. The summed E-state index contributed by atoms with van der Waals surface area (Å²) in [6.07, 6.45) is 1.64. The average Bonchev–Trinajstić information content (AvgIpc) is 3.32. The van der Waals surface area contributed by atoms with Crippen molar-refractivity contribution in [2.75, 3.05) is 27.7 Å². The summed E-state index contributed by atoms with van der Waals surface area (Å²) < 4.78 is 10.8. The Balaban J connectivity index is 1.66. The van der Waals surface area contributed by atoms with Gasteiger partial charge in [0, 0.05) is 17.5 Å². The first-order valence-corrected chi connectivity index (χ1v) is 10.1. The summed E-state index contributed by atoms with van der Waals surface area (Å²) in [6, 6.07) is 20.9. The predicted molar refractivity (Wildman–Crippen MR) is 121 cm³/mol. The van der Waals surface area contributed by atoms with Gasteiger partial charge in [-0.15, -0.1) is 0 Å². The largest absolute Gasteiger partial charge is 0.497 e. The molecule has 6 nitrogen and oxygen atoms in total. The number of para-hydroxylation sites is 1. The highest BCUT2D eigenvalue weighted by Gasteiger charge is 2.20. The van der Waals surface area contributed by atoms with Gasteiger partial charge in [0.15, 0.2) is 0 Å². The van der Waals surface area contributed by atoms with Gasteiger partial charge in [0.2, 0.25) is 0 Å². The van der Waals surface area contributed by atoms with E-state index in [9.17, 15) is 4.79 Å². The molecule has 4 rings (SSSR count). The topological polar surface area (TPSA) is 67.6 Å². The molecule has 1 amide bonds. The van der Waals surface area contributed by atoms with Gasteiger partial charge in [-0.3, -0.25) is 9.69 Å². The molecule has 0 unspecified atom stereocenters. The van der Waals surface area contributed by atoms with Crippen molar-refractivity contribution in [2.45, 2.75) is 6.04 Å². The molecule has 6 heteroatoms. The van der Waals surface area contributed by atoms with Crippen molar-refractivity contribution in [2.24, 2.45) is 0 Å². The molecule has 0 aliphatic heterocycles. The third-order valence-electron chi connectivity index (χ3n) is 5.30. The fraction of sp³-hybridized carbons (Fsp3) is 0.200. The van der Waals surface area contributed by atoms with Gasteiger partial charge >= 0.3 is 0 Å². The first-order valence-electron chi connectivity index (χ1n) is 10.1. The molecule has 0 fully saturated rings. The van der Waals surface area contributed by atoms with Crippen LogP contribution in [0.4, 0.5) is 0 Å². The Bertz CT molecular complexity index is 1170. The number of rotatable bonds is 7. The van der Waals surface area contributed by atoms with E-state index < -0.39 is 0 Å². The zero-order chi connectivity index (χ0) is 21.8. The number of furan rings is 1. The summed E-state index contributed by atoms with van der Waals surface area (Å²) in [5, 5.41) is 3.89. The number of hydrogen-bond acceptors (Lipinski definition) is 5. The van der Waals surface area contributed by atoms with Crippen LogP contribution in [0.3, 0.4) is 0 Å². The third kappa shape index (κ3) is 4.44. The average molecular weight is 415 g/mol. The molecule has 0 saturated heterocycles. The van der Waals surface area contributed by atoms with E-state index in [1.807, 2.05) is 85.7 Å². The maximum absolute atomic E-state index is 13.2. The minimum atomic E-state index is -0.147. The molecule has 1 N–H and O–H groups in total. The monoisotopic (exact) mass is 415 g/mol. The van der Waals surface area contributed by atoms with E-state index in [4.69, 9.17) is 14.1 Å². The van der Waals surface area contributed by atoms with Gasteiger partial charge in [-0.2, -0.15) is 0 Å². The van der Waals surface area contributed by atoms with Gasteiger partial charge in [-0.1, -0.05) is 18.2 Å². The number of hydrogen-bond donors (Lipinski definition) is 1. The summed E-state index contributed by atoms with van der Waals surface area (Å²) in [7, 11) is 5.56. The molecule has 0 spiro atoms. The van der Waals surface area contributed by atoms with Crippen LogP contribution in [0.5, 0.6) is 5.75 Å². The Hall–Kier alpha value is -3.64. The van der Waals surface area contributed by atoms with Crippen molar-refractivity contribution in [1.82, 2.24) is 15.2 Å². The van der Waals surface area contributed by atoms with Crippen molar-refractivity contribution in [3.05, 3.63) is 84.3 Å². The Morgan fingerprint density at radius 2 is 1.87 bits per heavy atom. The lowest BCUT2D eigenvalue weighted by atomic mass is 10.0. The van der Waals surface area contributed by atoms with Crippen LogP contribution >= 0.6 is 0 Å². The van der Waals surface area contributed by atoms with Crippen molar-refractivity contribution >= 4 is 16.8 Å². The van der Waals surface area contributed by atoms with Crippen LogP contribution < -0.4 is 10.1 Å². The van der Waals surface area contributed by atoms with Gasteiger partial charge in [0.05, 0.1) is 36.2 Å². The van der Waals surface area contributed by atoms with Gasteiger partial charge < -0.3 is 14.5 Å². The summed E-state index contributed by atoms with van der Waals surface area (Å²) in [6.45, 7) is 0.424. The molecule has 158 valence electrons. The highest BCUT2D eigenvalue weighted by atomic mass is 16.5. The van der Waals surface area contributed by atoms with E-state index in [2.05, 4.69) is 5.32 Å². The van der Waals surface area contributed by atoms with E-state index >= 15 is 0 Å². The van der Waals surface area contributed by atoms with E-state index in [0.717, 1.165) is 33.7 Å². The summed E-state index contributed by atoms with van der Waals surface area (Å²) in [5.74, 6) is 1.44. The highest BCUT2D eigenvalue weighted by Crippen LogP contribution is 2.26. The van der Waals surface area contributed by atoms with Crippen molar-refractivity contribution in [3.63, 3.8) is 0 Å². The molecular weight excluding hydrogens is 390 g/mol. The smallest absolute Gasteiger partial charge is 0.252 e. The van der Waals surface area contributed by atoms with Crippen LogP contribution in [-0.4, -0.2) is 43.5 Å². The molecule has 2 aromatic carbocycles. The van der Waals surface area contributed by atoms with E-state index in [1.165, 1.54) is 0 Å². The van der Waals surface area contributed by atoms with E-state index in [1.54, 1.807) is 13.4 Å². The fourth-order valence-corrected chi connectivity index (χ4v) is 3.58. The molecule has 2 heterocycles. The lowest BCUT2D eigenvalue weighted by Gasteiger charge is -2.22. The number of benzene rings is 2. The van der Waals surface area contributed by atoms with Crippen LogP contribution in [0.1, 0.15) is 22.2 Å². The number of pyridine rings is 1. The van der Waals surface area contributed by atoms with Crippen LogP contribution in [0.15, 0.2) is 77.4 Å². The second kappa shape index (κ2) is 9.02. The molecule has 0 bridgehead atoms. The number of amides is 1. The third-order valence-corrected chi connectivity index (χ3v) is 5.30. The maximum atomic E-state index is 13.2. The first kappa shape index (κ1) is 20.6. The summed E-state index contributed by atoms with van der Waals surface area (Å²) >= 11 is 0. The van der Waals surface area contributed by atoms with Crippen LogP contribution in [0, 0.1) is 0 Å². The second-order valence-electron chi connectivity index (χ2n) is 7.51. The fourth-order valence-electron chi connectivity index (χ4n) is 3.58. The molecule has 0 aliphatic rings. The highest BCUT2D eigenvalue weighted by molar-refractivity contribution is 6.07. The van der Waals surface area contributed by atoms with Crippen molar-refractivity contribution in [3.8, 4) is 17.0 Å². The Kier molecular flexibility index (Phi) is 6.00. The number of nitrogens with zero attached hydrogens (tertiary/aromatic N) is 2. The number of fused-ring (bicyclic) bond motifs is 1. The SMILES string of the molecule is COc1ccc(-c2cc(C(=O)NC[C@@H](c3ccco3)N(C)C)c3ccccc3n2)cc1. The number of ether oxygens (including phenoxy) is 1. The van der Waals surface area contributed by atoms with E-state index in [0.29, 0.717) is 12.1 Å². The van der Waals surface area contributed by atoms with Gasteiger partial charge in [-0.25, -0.2) is 4.98 Å². The minimum absolute atomic E-state index is 0.0619.